The minimum atomic E-state index is -4.55. The molecule has 0 fully saturated rings. The van der Waals surface area contributed by atoms with Crippen molar-refractivity contribution in [2.45, 2.75) is 26.9 Å². The van der Waals surface area contributed by atoms with Crippen LogP contribution in [0.4, 0.5) is 30.5 Å². The smallest absolute Gasteiger partial charge is 0.354 e. The number of hydrogen-bond donors (Lipinski definition) is 3. The molecule has 3 heterocycles. The summed E-state index contributed by atoms with van der Waals surface area (Å²) in [4.78, 5) is 33.3. The van der Waals surface area contributed by atoms with Crippen molar-refractivity contribution in [1.82, 2.24) is 29.9 Å². The number of rotatable bonds is 9. The fourth-order valence-corrected chi connectivity index (χ4v) is 3.75. The van der Waals surface area contributed by atoms with Crippen LogP contribution in [0.3, 0.4) is 0 Å². The Hall–Kier alpha value is -5.33. The number of imidazole rings is 1. The van der Waals surface area contributed by atoms with Gasteiger partial charge in [-0.1, -0.05) is 12.2 Å². The SMILES string of the molecule is C=N/C=C(\C=C/C)c1cc(C)nc(NNC(=O)c2ccc(Nc3cc(-n4cnc(C)c4)cc(C(F)(F)F)c3)cn2)n1. The lowest BCUT2D eigenvalue weighted by Gasteiger charge is -2.14. The van der Waals surface area contributed by atoms with Crippen molar-refractivity contribution >= 4 is 35.5 Å². The molecule has 210 valence electrons. The van der Waals surface area contributed by atoms with Crippen LogP contribution in [-0.4, -0.2) is 37.1 Å². The highest BCUT2D eigenvalue weighted by atomic mass is 19.4. The standard InChI is InChI=1S/C28H26F3N9O/c1-5-6-19(13-32-4)25-9-17(2)35-27(37-25)39-38-26(41)24-8-7-21(14-33-24)36-22-10-20(28(29,30)31)11-23(12-22)40-15-18(3)34-16-40/h5-16,36H,4H2,1-3H3,(H,38,41)(H,35,37,39)/b6-5-,19-13+. The lowest BCUT2D eigenvalue weighted by atomic mass is 10.1. The van der Waals surface area contributed by atoms with Gasteiger partial charge in [0, 0.05) is 35.0 Å². The van der Waals surface area contributed by atoms with E-state index in [9.17, 15) is 18.0 Å². The number of amides is 1. The zero-order chi connectivity index (χ0) is 29.6. The van der Waals surface area contributed by atoms with E-state index in [1.54, 1.807) is 38.4 Å². The average Bonchev–Trinajstić information content (AvgIpc) is 3.37. The molecule has 3 N–H and O–H groups in total. The van der Waals surface area contributed by atoms with Gasteiger partial charge in [-0.15, -0.1) is 0 Å². The Morgan fingerprint density at radius 2 is 1.83 bits per heavy atom. The van der Waals surface area contributed by atoms with Crippen LogP contribution in [0.2, 0.25) is 0 Å². The fourth-order valence-electron chi connectivity index (χ4n) is 3.75. The van der Waals surface area contributed by atoms with Gasteiger partial charge in [0.1, 0.15) is 5.69 Å². The van der Waals surface area contributed by atoms with Gasteiger partial charge in [-0.05, 0) is 63.9 Å². The van der Waals surface area contributed by atoms with E-state index in [0.717, 1.165) is 12.1 Å². The summed E-state index contributed by atoms with van der Waals surface area (Å²) in [5.41, 5.74) is 7.85. The van der Waals surface area contributed by atoms with E-state index < -0.39 is 17.6 Å². The number of hydrazine groups is 1. The lowest BCUT2D eigenvalue weighted by Crippen LogP contribution is -2.31. The molecular formula is C28H26F3N9O. The van der Waals surface area contributed by atoms with Crippen LogP contribution in [-0.2, 0) is 6.18 Å². The predicted molar refractivity (Wildman–Crippen MR) is 151 cm³/mol. The van der Waals surface area contributed by atoms with Gasteiger partial charge in [-0.25, -0.2) is 19.9 Å². The molecule has 13 heteroatoms. The second-order valence-electron chi connectivity index (χ2n) is 8.81. The second-order valence-corrected chi connectivity index (χ2v) is 8.81. The molecule has 1 amide bonds. The summed E-state index contributed by atoms with van der Waals surface area (Å²) in [5.74, 6) is -0.420. The Kier molecular flexibility index (Phi) is 8.56. The minimum absolute atomic E-state index is 0.0555. The molecule has 0 spiro atoms. The molecular weight excluding hydrogens is 535 g/mol. The molecule has 0 bridgehead atoms. The molecule has 4 aromatic rings. The van der Waals surface area contributed by atoms with Crippen molar-refractivity contribution in [3.05, 3.63) is 102 Å². The van der Waals surface area contributed by atoms with E-state index in [2.05, 4.69) is 47.8 Å². The third-order valence-electron chi connectivity index (χ3n) is 5.55. The molecule has 10 nitrogen and oxygen atoms in total. The van der Waals surface area contributed by atoms with Crippen molar-refractivity contribution in [1.29, 1.82) is 0 Å². The van der Waals surface area contributed by atoms with Gasteiger partial charge < -0.3 is 9.88 Å². The average molecular weight is 562 g/mol. The number of carbonyl (C=O) groups is 1. The monoisotopic (exact) mass is 561 g/mol. The summed E-state index contributed by atoms with van der Waals surface area (Å²) >= 11 is 0. The Bertz CT molecular complexity index is 1620. The summed E-state index contributed by atoms with van der Waals surface area (Å²) < 4.78 is 42.2. The fraction of sp³-hybridized carbons (Fsp3) is 0.143. The number of nitrogens with one attached hydrogen (secondary N) is 3. The number of benzene rings is 1. The predicted octanol–water partition coefficient (Wildman–Crippen LogP) is 5.81. The van der Waals surface area contributed by atoms with Gasteiger partial charge in [0.2, 0.25) is 5.95 Å². The number of alkyl halides is 3. The van der Waals surface area contributed by atoms with Gasteiger partial charge in [0.15, 0.2) is 0 Å². The van der Waals surface area contributed by atoms with Gasteiger partial charge in [0.05, 0.1) is 35.2 Å². The van der Waals surface area contributed by atoms with Crippen molar-refractivity contribution < 1.29 is 18.0 Å². The van der Waals surface area contributed by atoms with Crippen LogP contribution < -0.4 is 16.2 Å². The molecule has 0 saturated heterocycles. The second kappa shape index (κ2) is 12.2. The first-order valence-electron chi connectivity index (χ1n) is 12.2. The van der Waals surface area contributed by atoms with E-state index >= 15 is 0 Å². The van der Waals surface area contributed by atoms with Crippen molar-refractivity contribution in [3.8, 4) is 5.69 Å². The molecule has 0 aliphatic rings. The van der Waals surface area contributed by atoms with Gasteiger partial charge >= 0.3 is 6.18 Å². The quantitative estimate of drug-likeness (QED) is 0.134. The lowest BCUT2D eigenvalue weighted by molar-refractivity contribution is -0.137. The number of halogens is 3. The maximum Gasteiger partial charge on any atom is 0.416 e. The molecule has 0 saturated carbocycles. The van der Waals surface area contributed by atoms with E-state index in [4.69, 9.17) is 0 Å². The number of nitrogens with zero attached hydrogens (tertiary/aromatic N) is 6. The summed E-state index contributed by atoms with van der Waals surface area (Å²) in [5, 5.41) is 2.91. The van der Waals surface area contributed by atoms with Crippen LogP contribution in [0.15, 0.2) is 78.5 Å². The maximum absolute atomic E-state index is 13.6. The van der Waals surface area contributed by atoms with E-state index in [0.29, 0.717) is 28.3 Å². The van der Waals surface area contributed by atoms with Crippen LogP contribution in [0, 0.1) is 13.8 Å². The topological polar surface area (TPSA) is 122 Å². The summed E-state index contributed by atoms with van der Waals surface area (Å²) in [6.07, 6.45) is 5.06. The van der Waals surface area contributed by atoms with Gasteiger partial charge in [0.25, 0.3) is 5.91 Å². The highest BCUT2D eigenvalue weighted by Crippen LogP contribution is 2.34. The first-order chi connectivity index (χ1) is 19.5. The normalized spacial score (nSPS) is 11.9. The largest absolute Gasteiger partial charge is 0.416 e. The molecule has 4 rings (SSSR count). The number of anilines is 3. The molecule has 0 radical (unpaired) electrons. The Labute approximate surface area is 233 Å². The third-order valence-corrected chi connectivity index (χ3v) is 5.55. The molecule has 0 atom stereocenters. The first-order valence-corrected chi connectivity index (χ1v) is 12.2. The summed E-state index contributed by atoms with van der Waals surface area (Å²) in [7, 11) is 0. The number of aryl methyl sites for hydroxylation is 2. The zero-order valence-corrected chi connectivity index (χ0v) is 22.4. The zero-order valence-electron chi connectivity index (χ0n) is 22.4. The van der Waals surface area contributed by atoms with E-state index in [1.807, 2.05) is 19.1 Å². The Morgan fingerprint density at radius 1 is 1.02 bits per heavy atom. The van der Waals surface area contributed by atoms with E-state index in [1.165, 1.54) is 29.2 Å². The Balaban J connectivity index is 1.47. The number of hydrogen-bond acceptors (Lipinski definition) is 8. The first kappa shape index (κ1) is 28.7. The highest BCUT2D eigenvalue weighted by molar-refractivity contribution is 5.93. The van der Waals surface area contributed by atoms with Gasteiger partial charge in [-0.3, -0.25) is 20.6 Å². The number of allylic oxidation sites excluding steroid dienone is 3. The van der Waals surface area contributed by atoms with Crippen molar-refractivity contribution in [2.75, 3.05) is 10.7 Å². The molecule has 1 aromatic carbocycles. The van der Waals surface area contributed by atoms with E-state index in [-0.39, 0.29) is 23.0 Å². The summed E-state index contributed by atoms with van der Waals surface area (Å²) in [6, 6.07) is 8.31. The molecule has 0 aliphatic heterocycles. The molecule has 3 aromatic heterocycles. The van der Waals surface area contributed by atoms with Crippen molar-refractivity contribution in [3.63, 3.8) is 0 Å². The summed E-state index contributed by atoms with van der Waals surface area (Å²) in [6.45, 7) is 8.85. The number of aliphatic imine (C=N–C) groups is 1. The van der Waals surface area contributed by atoms with Crippen LogP contribution in [0.1, 0.15) is 40.1 Å². The molecule has 0 aliphatic carbocycles. The number of pyridine rings is 1. The highest BCUT2D eigenvalue weighted by Gasteiger charge is 2.31. The van der Waals surface area contributed by atoms with Gasteiger partial charge in [-0.2, -0.15) is 13.2 Å². The van der Waals surface area contributed by atoms with Crippen molar-refractivity contribution in [2.24, 2.45) is 4.99 Å². The number of aromatic nitrogens is 5. The Morgan fingerprint density at radius 3 is 2.46 bits per heavy atom. The van der Waals surface area contributed by atoms with Crippen LogP contribution in [0.5, 0.6) is 0 Å². The minimum Gasteiger partial charge on any atom is -0.354 e. The maximum atomic E-state index is 13.6. The van der Waals surface area contributed by atoms with Crippen LogP contribution in [0.25, 0.3) is 11.3 Å². The van der Waals surface area contributed by atoms with Crippen LogP contribution >= 0.6 is 0 Å². The number of carbonyl (C=O) groups excluding carboxylic acids is 1. The molecule has 0 unspecified atom stereocenters. The third kappa shape index (κ3) is 7.41. The molecule has 41 heavy (non-hydrogen) atoms.